The lowest BCUT2D eigenvalue weighted by Crippen LogP contribution is -2.48. The van der Waals surface area contributed by atoms with Gasteiger partial charge >= 0.3 is 0 Å². The molecule has 8 heteroatoms. The van der Waals surface area contributed by atoms with Crippen molar-refractivity contribution in [1.29, 1.82) is 0 Å². The maximum atomic E-state index is 13.7. The van der Waals surface area contributed by atoms with Crippen molar-refractivity contribution in [3.63, 3.8) is 0 Å². The number of anilines is 2. The SMILES string of the molecule is Cc1ccc(NC(=O)C2CCN(C(=O)C3Sc4ccccc4NC3=O)CC2)cc1F. The van der Waals surface area contributed by atoms with Crippen LogP contribution in [0, 0.1) is 18.7 Å². The predicted octanol–water partition coefficient (Wildman–Crippen LogP) is 3.42. The van der Waals surface area contributed by atoms with Crippen LogP contribution < -0.4 is 10.6 Å². The summed E-state index contributed by atoms with van der Waals surface area (Å²) in [5.41, 5.74) is 1.67. The lowest BCUT2D eigenvalue weighted by atomic mass is 9.95. The van der Waals surface area contributed by atoms with Gasteiger partial charge in [0.25, 0.3) is 0 Å². The van der Waals surface area contributed by atoms with Gasteiger partial charge in [-0.25, -0.2) is 4.39 Å². The molecule has 2 heterocycles. The molecular formula is C22H22FN3O3S. The number of nitrogens with one attached hydrogen (secondary N) is 2. The number of hydrogen-bond donors (Lipinski definition) is 2. The molecule has 2 aliphatic heterocycles. The Morgan fingerprint density at radius 3 is 2.63 bits per heavy atom. The van der Waals surface area contributed by atoms with Crippen molar-refractivity contribution in [2.45, 2.75) is 29.9 Å². The van der Waals surface area contributed by atoms with Gasteiger partial charge in [-0.15, -0.1) is 11.8 Å². The molecule has 2 aromatic rings. The minimum absolute atomic E-state index is 0.177. The van der Waals surface area contributed by atoms with Crippen LogP contribution >= 0.6 is 11.8 Å². The molecule has 0 aliphatic carbocycles. The molecule has 0 saturated carbocycles. The molecule has 0 bridgehead atoms. The summed E-state index contributed by atoms with van der Waals surface area (Å²) in [5, 5.41) is 4.73. The number of likely N-dealkylation sites (tertiary alicyclic amines) is 1. The number of nitrogens with zero attached hydrogens (tertiary/aromatic N) is 1. The molecule has 1 saturated heterocycles. The fraction of sp³-hybridized carbons (Fsp3) is 0.318. The van der Waals surface area contributed by atoms with E-state index in [9.17, 15) is 18.8 Å². The van der Waals surface area contributed by atoms with Crippen LogP contribution in [0.15, 0.2) is 47.4 Å². The molecule has 2 aromatic carbocycles. The largest absolute Gasteiger partial charge is 0.341 e. The van der Waals surface area contributed by atoms with Gasteiger partial charge in [-0.1, -0.05) is 18.2 Å². The van der Waals surface area contributed by atoms with Crippen LogP contribution in [-0.2, 0) is 14.4 Å². The number of thioether (sulfide) groups is 1. The highest BCUT2D eigenvalue weighted by molar-refractivity contribution is 8.01. The Hall–Kier alpha value is -2.87. The van der Waals surface area contributed by atoms with E-state index in [1.54, 1.807) is 24.0 Å². The third-order valence-electron chi connectivity index (χ3n) is 5.47. The van der Waals surface area contributed by atoms with Crippen molar-refractivity contribution in [1.82, 2.24) is 4.90 Å². The zero-order chi connectivity index (χ0) is 21.3. The maximum absolute atomic E-state index is 13.7. The van der Waals surface area contributed by atoms with E-state index in [1.807, 2.05) is 24.3 Å². The van der Waals surface area contributed by atoms with Crippen LogP contribution in [0.3, 0.4) is 0 Å². The van der Waals surface area contributed by atoms with E-state index in [1.165, 1.54) is 17.8 Å². The van der Waals surface area contributed by atoms with Gasteiger partial charge in [0, 0.05) is 29.6 Å². The molecule has 2 aliphatic rings. The number of aryl methyl sites for hydroxylation is 1. The number of halogens is 1. The average molecular weight is 428 g/mol. The van der Waals surface area contributed by atoms with Crippen LogP contribution in [0.25, 0.3) is 0 Å². The molecular weight excluding hydrogens is 405 g/mol. The van der Waals surface area contributed by atoms with Crippen LogP contribution in [0.4, 0.5) is 15.8 Å². The van der Waals surface area contributed by atoms with Gasteiger partial charge in [0.1, 0.15) is 5.82 Å². The highest BCUT2D eigenvalue weighted by Gasteiger charge is 2.37. The molecule has 3 amide bonds. The summed E-state index contributed by atoms with van der Waals surface area (Å²) < 4.78 is 13.7. The molecule has 0 spiro atoms. The molecule has 156 valence electrons. The summed E-state index contributed by atoms with van der Waals surface area (Å²) >= 11 is 1.26. The van der Waals surface area contributed by atoms with E-state index < -0.39 is 5.25 Å². The third-order valence-corrected chi connectivity index (χ3v) is 6.73. The smallest absolute Gasteiger partial charge is 0.247 e. The monoisotopic (exact) mass is 427 g/mol. The summed E-state index contributed by atoms with van der Waals surface area (Å²) in [4.78, 5) is 40.4. The Bertz CT molecular complexity index is 1000. The first kappa shape index (κ1) is 20.4. The van der Waals surface area contributed by atoms with Crippen molar-refractivity contribution in [2.75, 3.05) is 23.7 Å². The number of amides is 3. The second-order valence-electron chi connectivity index (χ2n) is 7.54. The quantitative estimate of drug-likeness (QED) is 0.736. The Morgan fingerprint density at radius 2 is 1.90 bits per heavy atom. The average Bonchev–Trinajstić information content (AvgIpc) is 2.75. The second-order valence-corrected chi connectivity index (χ2v) is 8.68. The number of hydrogen-bond acceptors (Lipinski definition) is 4. The van der Waals surface area contributed by atoms with Gasteiger partial charge < -0.3 is 15.5 Å². The molecule has 1 unspecified atom stereocenters. The van der Waals surface area contributed by atoms with Crippen molar-refractivity contribution >= 4 is 40.9 Å². The van der Waals surface area contributed by atoms with Crippen molar-refractivity contribution < 1.29 is 18.8 Å². The van der Waals surface area contributed by atoms with E-state index >= 15 is 0 Å². The number of benzene rings is 2. The van der Waals surface area contributed by atoms with Gasteiger partial charge in [-0.2, -0.15) is 0 Å². The van der Waals surface area contributed by atoms with Gasteiger partial charge in [-0.3, -0.25) is 14.4 Å². The number of carbonyl (C=O) groups excluding carboxylic acids is 3. The standard InChI is InChI=1S/C22H22FN3O3S/c1-13-6-7-15(12-16(13)23)24-20(27)14-8-10-26(11-9-14)22(29)19-21(28)25-17-4-2-3-5-18(17)30-19/h2-7,12,14,19H,8-11H2,1H3,(H,24,27)(H,25,28). The first-order valence-electron chi connectivity index (χ1n) is 9.85. The van der Waals surface area contributed by atoms with Gasteiger partial charge in [0.15, 0.2) is 5.25 Å². The summed E-state index contributed by atoms with van der Waals surface area (Å²) in [7, 11) is 0. The normalized spacial score (nSPS) is 19.1. The van der Waals surface area contributed by atoms with Crippen LogP contribution in [0.2, 0.25) is 0 Å². The van der Waals surface area contributed by atoms with Gasteiger partial charge in [0.05, 0.1) is 5.69 Å². The molecule has 1 atom stereocenters. The fourth-order valence-corrected chi connectivity index (χ4v) is 4.73. The Labute approximate surface area is 178 Å². The third kappa shape index (κ3) is 4.18. The molecule has 4 rings (SSSR count). The molecule has 2 N–H and O–H groups in total. The fourth-order valence-electron chi connectivity index (χ4n) is 3.66. The lowest BCUT2D eigenvalue weighted by molar-refractivity contribution is -0.136. The minimum atomic E-state index is -0.819. The summed E-state index contributed by atoms with van der Waals surface area (Å²) in [6.07, 6.45) is 1.00. The van der Waals surface area contributed by atoms with Crippen LogP contribution in [0.1, 0.15) is 18.4 Å². The lowest BCUT2D eigenvalue weighted by Gasteiger charge is -2.34. The first-order chi connectivity index (χ1) is 14.4. The maximum Gasteiger partial charge on any atom is 0.247 e. The van der Waals surface area contributed by atoms with Crippen LogP contribution in [0.5, 0.6) is 0 Å². The number of piperidine rings is 1. The second kappa shape index (κ2) is 8.47. The van der Waals surface area contributed by atoms with E-state index in [4.69, 9.17) is 0 Å². The molecule has 0 aromatic heterocycles. The predicted molar refractivity (Wildman–Crippen MR) is 114 cm³/mol. The Balaban J connectivity index is 1.34. The highest BCUT2D eigenvalue weighted by Crippen LogP contribution is 2.36. The topological polar surface area (TPSA) is 78.5 Å². The van der Waals surface area contributed by atoms with Crippen molar-refractivity contribution in [3.8, 4) is 0 Å². The first-order valence-corrected chi connectivity index (χ1v) is 10.7. The number of rotatable bonds is 3. The molecule has 1 fully saturated rings. The van der Waals surface area contributed by atoms with E-state index in [0.717, 1.165) is 10.6 Å². The molecule has 0 radical (unpaired) electrons. The summed E-state index contributed by atoms with van der Waals surface area (Å²) in [5.74, 6) is -1.34. The Kier molecular flexibility index (Phi) is 5.76. The zero-order valence-electron chi connectivity index (χ0n) is 16.5. The number of fused-ring (bicyclic) bond motifs is 1. The van der Waals surface area contributed by atoms with E-state index in [0.29, 0.717) is 37.2 Å². The minimum Gasteiger partial charge on any atom is -0.341 e. The van der Waals surface area contributed by atoms with Gasteiger partial charge in [-0.05, 0) is 49.6 Å². The summed E-state index contributed by atoms with van der Waals surface area (Å²) in [6.45, 7) is 2.48. The van der Waals surface area contributed by atoms with E-state index in [-0.39, 0.29) is 29.5 Å². The summed E-state index contributed by atoms with van der Waals surface area (Å²) in [6, 6.07) is 12.0. The molecule has 30 heavy (non-hydrogen) atoms. The zero-order valence-corrected chi connectivity index (χ0v) is 17.3. The van der Waals surface area contributed by atoms with Crippen LogP contribution in [-0.4, -0.2) is 41.0 Å². The van der Waals surface area contributed by atoms with E-state index in [2.05, 4.69) is 10.6 Å². The molecule has 6 nitrogen and oxygen atoms in total. The number of carbonyl (C=O) groups is 3. The van der Waals surface area contributed by atoms with Crippen molar-refractivity contribution in [2.24, 2.45) is 5.92 Å². The number of para-hydroxylation sites is 1. The Morgan fingerprint density at radius 1 is 1.17 bits per heavy atom. The van der Waals surface area contributed by atoms with Crippen molar-refractivity contribution in [3.05, 3.63) is 53.8 Å². The highest BCUT2D eigenvalue weighted by atomic mass is 32.2. The van der Waals surface area contributed by atoms with Gasteiger partial charge in [0.2, 0.25) is 17.7 Å².